The lowest BCUT2D eigenvalue weighted by molar-refractivity contribution is -0.148. The Balaban J connectivity index is 4.87. The molecule has 0 aliphatic rings. The van der Waals surface area contributed by atoms with Gasteiger partial charge in [0.25, 0.3) is 0 Å². The Morgan fingerprint density at radius 1 is 0.955 bits per heavy atom. The minimum absolute atomic E-state index is 0.0757. The van der Waals surface area contributed by atoms with Crippen LogP contribution >= 0.6 is 0 Å². The number of hydrogen-bond acceptors (Lipinski definition) is 6. The van der Waals surface area contributed by atoms with Crippen molar-refractivity contribution in [2.24, 2.45) is 0 Å². The number of hydrogen-bond donors (Lipinski definition) is 0. The Hall–Kier alpha value is -2.07. The van der Waals surface area contributed by atoms with Crippen molar-refractivity contribution in [3.63, 3.8) is 0 Å². The molecule has 0 aromatic rings. The molecule has 7 heteroatoms. The summed E-state index contributed by atoms with van der Waals surface area (Å²) in [5, 5.41) is 0. The van der Waals surface area contributed by atoms with Crippen LogP contribution in [0.3, 0.4) is 0 Å². The van der Waals surface area contributed by atoms with Gasteiger partial charge in [-0.3, -0.25) is 0 Å². The first-order valence-electron chi connectivity index (χ1n) is 6.94. The predicted molar refractivity (Wildman–Crippen MR) is 83.4 cm³/mol. The third-order valence-electron chi connectivity index (χ3n) is 2.00. The Kier molecular flexibility index (Phi) is 8.87. The first kappa shape index (κ1) is 19.9. The standard InChI is InChI=1S/C15H22O6Si/c1-6-19-14(17)12(15(18)20-7-2)11-13(16)21-9-8-10-22(3,4)5/h11H,6-7,9H2,1-5H3. The molecule has 0 unspecified atom stereocenters. The van der Waals surface area contributed by atoms with E-state index in [1.807, 2.05) is 0 Å². The second-order valence-corrected chi connectivity index (χ2v) is 9.91. The molecule has 0 amide bonds. The lowest BCUT2D eigenvalue weighted by Crippen LogP contribution is -2.20. The second-order valence-electron chi connectivity index (χ2n) is 5.16. The molecule has 0 aromatic heterocycles. The predicted octanol–water partition coefficient (Wildman–Crippen LogP) is 1.46. The van der Waals surface area contributed by atoms with E-state index in [1.54, 1.807) is 13.8 Å². The minimum Gasteiger partial charge on any atom is -0.462 e. The van der Waals surface area contributed by atoms with Gasteiger partial charge in [0.2, 0.25) is 0 Å². The molecule has 0 aliphatic heterocycles. The summed E-state index contributed by atoms with van der Waals surface area (Å²) in [6.45, 7) is 9.40. The van der Waals surface area contributed by atoms with E-state index in [2.05, 4.69) is 31.1 Å². The largest absolute Gasteiger partial charge is 0.462 e. The minimum atomic E-state index is -1.53. The molecule has 0 aromatic carbocycles. The van der Waals surface area contributed by atoms with Crippen molar-refractivity contribution in [3.8, 4) is 11.5 Å². The molecule has 0 radical (unpaired) electrons. The average molecular weight is 326 g/mol. The first-order chi connectivity index (χ1) is 10.2. The molecule has 0 N–H and O–H groups in total. The van der Waals surface area contributed by atoms with E-state index >= 15 is 0 Å². The first-order valence-corrected chi connectivity index (χ1v) is 10.4. The van der Waals surface area contributed by atoms with E-state index < -0.39 is 31.6 Å². The molecule has 0 bridgehead atoms. The normalized spacial score (nSPS) is 9.86. The molecule has 122 valence electrons. The van der Waals surface area contributed by atoms with E-state index in [9.17, 15) is 14.4 Å². The highest BCUT2D eigenvalue weighted by molar-refractivity contribution is 6.83. The summed E-state index contributed by atoms with van der Waals surface area (Å²) in [4.78, 5) is 34.9. The summed E-state index contributed by atoms with van der Waals surface area (Å²) in [6, 6.07) is 0. The molecule has 0 saturated heterocycles. The zero-order valence-electron chi connectivity index (χ0n) is 13.6. The number of carbonyl (C=O) groups is 3. The van der Waals surface area contributed by atoms with Crippen LogP contribution in [0, 0.1) is 11.5 Å². The fraction of sp³-hybridized carbons (Fsp3) is 0.533. The van der Waals surface area contributed by atoms with Crippen LogP contribution in [-0.2, 0) is 28.6 Å². The van der Waals surface area contributed by atoms with Gasteiger partial charge in [-0.25, -0.2) is 14.4 Å². The second kappa shape index (κ2) is 9.79. The lowest BCUT2D eigenvalue weighted by Gasteiger charge is -2.06. The number of carbonyl (C=O) groups excluding carboxylic acids is 3. The van der Waals surface area contributed by atoms with Gasteiger partial charge in [0.1, 0.15) is 8.07 Å². The smallest absolute Gasteiger partial charge is 0.345 e. The van der Waals surface area contributed by atoms with Gasteiger partial charge in [-0.2, -0.15) is 0 Å². The highest BCUT2D eigenvalue weighted by atomic mass is 28.3. The van der Waals surface area contributed by atoms with Gasteiger partial charge in [0.05, 0.1) is 13.2 Å². The molecule has 0 aliphatic carbocycles. The van der Waals surface area contributed by atoms with Gasteiger partial charge in [-0.1, -0.05) is 25.6 Å². The van der Waals surface area contributed by atoms with Crippen LogP contribution in [0.1, 0.15) is 13.8 Å². The van der Waals surface area contributed by atoms with E-state index in [0.717, 1.165) is 6.08 Å². The zero-order chi connectivity index (χ0) is 17.2. The summed E-state index contributed by atoms with van der Waals surface area (Å²) in [6.07, 6.45) is 0.770. The molecule has 0 rings (SSSR count). The molecular formula is C15H22O6Si. The summed E-state index contributed by atoms with van der Waals surface area (Å²) in [7, 11) is -1.53. The molecule has 0 heterocycles. The van der Waals surface area contributed by atoms with Crippen molar-refractivity contribution in [2.45, 2.75) is 33.5 Å². The van der Waals surface area contributed by atoms with Crippen LogP contribution in [0.15, 0.2) is 11.6 Å². The quantitative estimate of drug-likeness (QED) is 0.140. The fourth-order valence-corrected chi connectivity index (χ4v) is 1.79. The molecule has 0 saturated carbocycles. The number of rotatable bonds is 6. The maximum absolute atomic E-state index is 11.6. The van der Waals surface area contributed by atoms with Crippen molar-refractivity contribution in [3.05, 3.63) is 11.6 Å². The maximum Gasteiger partial charge on any atom is 0.345 e. The van der Waals surface area contributed by atoms with Gasteiger partial charge in [-0.15, -0.1) is 5.54 Å². The fourth-order valence-electron chi connectivity index (χ4n) is 1.19. The van der Waals surface area contributed by atoms with Gasteiger partial charge >= 0.3 is 17.9 Å². The number of ether oxygens (including phenoxy) is 3. The molecular weight excluding hydrogens is 304 g/mol. The van der Waals surface area contributed by atoms with E-state index in [1.165, 1.54) is 0 Å². The Morgan fingerprint density at radius 2 is 1.45 bits per heavy atom. The van der Waals surface area contributed by atoms with E-state index in [0.29, 0.717) is 0 Å². The third kappa shape index (κ3) is 8.97. The summed E-state index contributed by atoms with van der Waals surface area (Å²) >= 11 is 0. The van der Waals surface area contributed by atoms with Crippen LogP contribution in [-0.4, -0.2) is 45.8 Å². The summed E-state index contributed by atoms with van der Waals surface area (Å²) < 4.78 is 14.3. The van der Waals surface area contributed by atoms with Crippen LogP contribution in [0.2, 0.25) is 19.6 Å². The Bertz CT molecular complexity index is 484. The SMILES string of the molecule is CCOC(=O)C(=CC(=O)OCC#C[Si](C)(C)C)C(=O)OCC. The van der Waals surface area contributed by atoms with Crippen molar-refractivity contribution in [1.82, 2.24) is 0 Å². The van der Waals surface area contributed by atoms with Crippen molar-refractivity contribution in [2.75, 3.05) is 19.8 Å². The van der Waals surface area contributed by atoms with Crippen molar-refractivity contribution >= 4 is 26.0 Å². The number of esters is 3. The monoisotopic (exact) mass is 326 g/mol. The Morgan fingerprint density at radius 3 is 1.86 bits per heavy atom. The molecule has 0 spiro atoms. The van der Waals surface area contributed by atoms with Gasteiger partial charge in [0, 0.05) is 6.08 Å². The molecule has 0 fully saturated rings. The topological polar surface area (TPSA) is 78.9 Å². The van der Waals surface area contributed by atoms with Crippen LogP contribution in [0.4, 0.5) is 0 Å². The highest BCUT2D eigenvalue weighted by Gasteiger charge is 2.22. The Labute approximate surface area is 131 Å². The van der Waals surface area contributed by atoms with Gasteiger partial charge in [0.15, 0.2) is 12.2 Å². The van der Waals surface area contributed by atoms with Crippen molar-refractivity contribution < 1.29 is 28.6 Å². The summed E-state index contributed by atoms with van der Waals surface area (Å²) in [5.74, 6) is 0.0492. The lowest BCUT2D eigenvalue weighted by atomic mass is 10.2. The van der Waals surface area contributed by atoms with E-state index in [-0.39, 0.29) is 19.8 Å². The maximum atomic E-state index is 11.6. The molecule has 0 atom stereocenters. The zero-order valence-corrected chi connectivity index (χ0v) is 14.6. The van der Waals surface area contributed by atoms with Crippen LogP contribution in [0.5, 0.6) is 0 Å². The average Bonchev–Trinajstić information content (AvgIpc) is 2.40. The molecule has 22 heavy (non-hydrogen) atoms. The van der Waals surface area contributed by atoms with Gasteiger partial charge < -0.3 is 14.2 Å². The summed E-state index contributed by atoms with van der Waals surface area (Å²) in [5.41, 5.74) is 2.53. The van der Waals surface area contributed by atoms with Crippen molar-refractivity contribution in [1.29, 1.82) is 0 Å². The van der Waals surface area contributed by atoms with Gasteiger partial charge in [-0.05, 0) is 13.8 Å². The van der Waals surface area contributed by atoms with Crippen LogP contribution in [0.25, 0.3) is 0 Å². The molecule has 6 nitrogen and oxygen atoms in total. The van der Waals surface area contributed by atoms with Crippen LogP contribution < -0.4 is 0 Å². The highest BCUT2D eigenvalue weighted by Crippen LogP contribution is 2.03. The third-order valence-corrected chi connectivity index (χ3v) is 2.93. The van der Waals surface area contributed by atoms with E-state index in [4.69, 9.17) is 14.2 Å².